The molecule has 0 aromatic rings. The summed E-state index contributed by atoms with van der Waals surface area (Å²) in [5.41, 5.74) is 0. The molecule has 2 heteroatoms. The Labute approximate surface area is 56.6 Å². The fraction of sp³-hybridized carbons (Fsp3) is 1.00. The van der Waals surface area contributed by atoms with Crippen LogP contribution in [0.25, 0.3) is 0 Å². The topological polar surface area (TPSA) is 12.0 Å². The summed E-state index contributed by atoms with van der Waals surface area (Å²) in [7, 11) is 1.78. The largest absolute Gasteiger partial charge is 0.317 e. The smallest absolute Gasteiger partial charge is 0.112 e. The Morgan fingerprint density at radius 1 is 1.56 bits per heavy atom. The van der Waals surface area contributed by atoms with E-state index in [1.807, 2.05) is 0 Å². The highest BCUT2D eigenvalue weighted by molar-refractivity contribution is 4.56. The Hall–Kier alpha value is -0.110. The molecule has 1 nitrogen and oxygen atoms in total. The fourth-order valence-corrected chi connectivity index (χ4v) is 0.749. The highest BCUT2D eigenvalue weighted by atomic mass is 19.1. The van der Waals surface area contributed by atoms with Crippen molar-refractivity contribution in [3.8, 4) is 0 Å². The number of rotatable bonds is 5. The molecule has 0 saturated heterocycles. The van der Waals surface area contributed by atoms with Gasteiger partial charge in [-0.15, -0.1) is 0 Å². The van der Waals surface area contributed by atoms with Crippen LogP contribution in [-0.2, 0) is 0 Å². The van der Waals surface area contributed by atoms with Crippen LogP contribution in [-0.4, -0.2) is 19.8 Å². The Kier molecular flexibility index (Phi) is 5.94. The minimum atomic E-state index is -0.644. The Balaban J connectivity index is 2.95. The van der Waals surface area contributed by atoms with E-state index in [0.717, 1.165) is 12.8 Å². The van der Waals surface area contributed by atoms with Gasteiger partial charge in [-0.3, -0.25) is 0 Å². The van der Waals surface area contributed by atoms with Crippen molar-refractivity contribution in [3.05, 3.63) is 0 Å². The molecule has 1 atom stereocenters. The third-order valence-electron chi connectivity index (χ3n) is 1.30. The molecule has 0 amide bonds. The van der Waals surface area contributed by atoms with E-state index in [2.05, 4.69) is 12.2 Å². The lowest BCUT2D eigenvalue weighted by molar-refractivity contribution is 0.301. The van der Waals surface area contributed by atoms with Gasteiger partial charge in [-0.1, -0.05) is 19.8 Å². The van der Waals surface area contributed by atoms with Gasteiger partial charge in [-0.05, 0) is 13.5 Å². The predicted molar refractivity (Wildman–Crippen MR) is 38.3 cm³/mol. The molecule has 0 fully saturated rings. The Morgan fingerprint density at radius 2 is 2.22 bits per heavy atom. The number of alkyl halides is 1. The van der Waals surface area contributed by atoms with Gasteiger partial charge in [0, 0.05) is 6.54 Å². The second-order valence-electron chi connectivity index (χ2n) is 2.30. The van der Waals surface area contributed by atoms with Crippen molar-refractivity contribution >= 4 is 0 Å². The van der Waals surface area contributed by atoms with E-state index in [-0.39, 0.29) is 0 Å². The van der Waals surface area contributed by atoms with Crippen molar-refractivity contribution in [3.63, 3.8) is 0 Å². The van der Waals surface area contributed by atoms with Crippen molar-refractivity contribution in [2.24, 2.45) is 0 Å². The van der Waals surface area contributed by atoms with Crippen molar-refractivity contribution in [1.82, 2.24) is 5.32 Å². The summed E-state index contributed by atoms with van der Waals surface area (Å²) in [5.74, 6) is 0. The first-order valence-corrected chi connectivity index (χ1v) is 3.60. The van der Waals surface area contributed by atoms with Crippen LogP contribution >= 0.6 is 0 Å². The minimum absolute atomic E-state index is 0.500. The fourth-order valence-electron chi connectivity index (χ4n) is 0.749. The summed E-state index contributed by atoms with van der Waals surface area (Å²) in [4.78, 5) is 0. The van der Waals surface area contributed by atoms with E-state index in [4.69, 9.17) is 0 Å². The highest BCUT2D eigenvalue weighted by Crippen LogP contribution is 2.02. The van der Waals surface area contributed by atoms with Gasteiger partial charge in [0.1, 0.15) is 6.17 Å². The first kappa shape index (κ1) is 8.89. The monoisotopic (exact) mass is 133 g/mol. The molecule has 0 aliphatic carbocycles. The summed E-state index contributed by atoms with van der Waals surface area (Å²) >= 11 is 0. The summed E-state index contributed by atoms with van der Waals surface area (Å²) in [5, 5.41) is 2.80. The molecule has 0 saturated carbocycles. The second kappa shape index (κ2) is 6.02. The van der Waals surface area contributed by atoms with Crippen LogP contribution in [0.2, 0.25) is 0 Å². The SMILES string of the molecule is CCCC[C@@H](F)CNC. The molecule has 0 aliphatic rings. The van der Waals surface area contributed by atoms with Crippen LogP contribution < -0.4 is 5.32 Å². The van der Waals surface area contributed by atoms with Gasteiger partial charge in [0.15, 0.2) is 0 Å². The number of halogens is 1. The van der Waals surface area contributed by atoms with Gasteiger partial charge < -0.3 is 5.32 Å². The maximum atomic E-state index is 12.5. The standard InChI is InChI=1S/C7H16FN/c1-3-4-5-7(8)6-9-2/h7,9H,3-6H2,1-2H3/t7-/m1/s1. The van der Waals surface area contributed by atoms with Gasteiger partial charge in [-0.2, -0.15) is 0 Å². The lowest BCUT2D eigenvalue weighted by Crippen LogP contribution is -2.19. The summed E-state index contributed by atoms with van der Waals surface area (Å²) in [6.07, 6.45) is 2.15. The molecule has 1 N–H and O–H groups in total. The lowest BCUT2D eigenvalue weighted by atomic mass is 10.2. The number of nitrogens with one attached hydrogen (secondary N) is 1. The maximum Gasteiger partial charge on any atom is 0.112 e. The van der Waals surface area contributed by atoms with Crippen LogP contribution in [0, 0.1) is 0 Å². The third-order valence-corrected chi connectivity index (χ3v) is 1.30. The molecular formula is C7H16FN. The van der Waals surface area contributed by atoms with E-state index >= 15 is 0 Å². The zero-order valence-electron chi connectivity index (χ0n) is 6.28. The zero-order chi connectivity index (χ0) is 7.11. The molecule has 9 heavy (non-hydrogen) atoms. The predicted octanol–water partition coefficient (Wildman–Crippen LogP) is 1.73. The van der Waals surface area contributed by atoms with Crippen molar-refractivity contribution in [1.29, 1.82) is 0 Å². The summed E-state index contributed by atoms with van der Waals surface area (Å²) in [6, 6.07) is 0. The minimum Gasteiger partial charge on any atom is -0.317 e. The molecule has 56 valence electrons. The summed E-state index contributed by atoms with van der Waals surface area (Å²) < 4.78 is 12.5. The van der Waals surface area contributed by atoms with Gasteiger partial charge in [0.25, 0.3) is 0 Å². The molecule has 0 aliphatic heterocycles. The van der Waals surface area contributed by atoms with Gasteiger partial charge in [0.2, 0.25) is 0 Å². The van der Waals surface area contributed by atoms with Gasteiger partial charge in [0.05, 0.1) is 0 Å². The Bertz CT molecular complexity index is 56.9. The first-order chi connectivity index (χ1) is 4.31. The molecule has 0 unspecified atom stereocenters. The molecular weight excluding hydrogens is 117 g/mol. The van der Waals surface area contributed by atoms with Crippen molar-refractivity contribution in [2.45, 2.75) is 32.4 Å². The van der Waals surface area contributed by atoms with Gasteiger partial charge in [-0.25, -0.2) is 4.39 Å². The highest BCUT2D eigenvalue weighted by Gasteiger charge is 2.01. The summed E-state index contributed by atoms with van der Waals surface area (Å²) in [6.45, 7) is 2.58. The number of hydrogen-bond donors (Lipinski definition) is 1. The first-order valence-electron chi connectivity index (χ1n) is 3.60. The van der Waals surface area contributed by atoms with Crippen LogP contribution in [0.1, 0.15) is 26.2 Å². The van der Waals surface area contributed by atoms with E-state index in [1.54, 1.807) is 7.05 Å². The van der Waals surface area contributed by atoms with Crippen molar-refractivity contribution < 1.29 is 4.39 Å². The molecule has 0 bridgehead atoms. The average Bonchev–Trinajstić information content (AvgIpc) is 1.85. The molecule has 0 aromatic carbocycles. The average molecular weight is 133 g/mol. The Morgan fingerprint density at radius 3 is 2.67 bits per heavy atom. The maximum absolute atomic E-state index is 12.5. The molecule has 0 heterocycles. The number of unbranched alkanes of at least 4 members (excludes halogenated alkanes) is 1. The zero-order valence-corrected chi connectivity index (χ0v) is 6.28. The lowest BCUT2D eigenvalue weighted by Gasteiger charge is -2.04. The molecule has 0 rings (SSSR count). The van der Waals surface area contributed by atoms with Crippen LogP contribution in [0.5, 0.6) is 0 Å². The van der Waals surface area contributed by atoms with Gasteiger partial charge >= 0.3 is 0 Å². The second-order valence-corrected chi connectivity index (χ2v) is 2.30. The van der Waals surface area contributed by atoms with Crippen LogP contribution in [0.3, 0.4) is 0 Å². The molecule has 0 spiro atoms. The molecule has 0 aromatic heterocycles. The van der Waals surface area contributed by atoms with E-state index in [9.17, 15) is 4.39 Å². The van der Waals surface area contributed by atoms with E-state index < -0.39 is 6.17 Å². The normalized spacial score (nSPS) is 13.7. The number of hydrogen-bond acceptors (Lipinski definition) is 1. The van der Waals surface area contributed by atoms with E-state index in [0.29, 0.717) is 13.0 Å². The molecule has 0 radical (unpaired) electrons. The quantitative estimate of drug-likeness (QED) is 0.602. The van der Waals surface area contributed by atoms with Crippen molar-refractivity contribution in [2.75, 3.05) is 13.6 Å². The van der Waals surface area contributed by atoms with Crippen LogP contribution in [0.4, 0.5) is 4.39 Å². The van der Waals surface area contributed by atoms with Crippen LogP contribution in [0.15, 0.2) is 0 Å². The third kappa shape index (κ3) is 5.77. The van der Waals surface area contributed by atoms with E-state index in [1.165, 1.54) is 0 Å².